The second-order valence-corrected chi connectivity index (χ2v) is 4.72. The van der Waals surface area contributed by atoms with Crippen LogP contribution >= 0.6 is 0 Å². The first-order valence-corrected chi connectivity index (χ1v) is 6.24. The summed E-state index contributed by atoms with van der Waals surface area (Å²) >= 11 is 0. The molecule has 0 aliphatic rings. The van der Waals surface area contributed by atoms with Crippen molar-refractivity contribution in [1.29, 1.82) is 0 Å². The van der Waals surface area contributed by atoms with Crippen LogP contribution < -0.4 is 5.32 Å². The SMILES string of the molecule is CC(C)COCCNCC(F)(F)c1ccccc1. The highest BCUT2D eigenvalue weighted by molar-refractivity contribution is 5.20. The Morgan fingerprint density at radius 1 is 1.22 bits per heavy atom. The zero-order valence-corrected chi connectivity index (χ0v) is 11.0. The molecule has 102 valence electrons. The largest absolute Gasteiger partial charge is 0.380 e. The molecule has 0 aliphatic carbocycles. The number of alkyl halides is 2. The van der Waals surface area contributed by atoms with Gasteiger partial charge in [-0.1, -0.05) is 44.2 Å². The van der Waals surface area contributed by atoms with E-state index in [4.69, 9.17) is 4.74 Å². The fourth-order valence-electron chi connectivity index (χ4n) is 1.49. The fourth-order valence-corrected chi connectivity index (χ4v) is 1.49. The van der Waals surface area contributed by atoms with Crippen molar-refractivity contribution in [3.63, 3.8) is 0 Å². The molecule has 0 atom stereocenters. The smallest absolute Gasteiger partial charge is 0.285 e. The lowest BCUT2D eigenvalue weighted by atomic mass is 10.1. The molecule has 1 N–H and O–H groups in total. The third-order valence-electron chi connectivity index (χ3n) is 2.42. The molecule has 0 aliphatic heterocycles. The Kier molecular flexibility index (Phi) is 6.22. The van der Waals surface area contributed by atoms with E-state index >= 15 is 0 Å². The summed E-state index contributed by atoms with van der Waals surface area (Å²) < 4.78 is 32.7. The summed E-state index contributed by atoms with van der Waals surface area (Å²) in [6.45, 7) is 5.31. The maximum absolute atomic E-state index is 13.7. The molecule has 0 aromatic heterocycles. The van der Waals surface area contributed by atoms with Gasteiger partial charge in [-0.3, -0.25) is 0 Å². The third-order valence-corrected chi connectivity index (χ3v) is 2.42. The molecular weight excluding hydrogens is 236 g/mol. The van der Waals surface area contributed by atoms with E-state index in [1.807, 2.05) is 0 Å². The zero-order chi connectivity index (χ0) is 13.4. The van der Waals surface area contributed by atoms with Crippen molar-refractivity contribution in [3.05, 3.63) is 35.9 Å². The second-order valence-electron chi connectivity index (χ2n) is 4.72. The Labute approximate surface area is 107 Å². The number of ether oxygens (including phenoxy) is 1. The summed E-state index contributed by atoms with van der Waals surface area (Å²) in [5.74, 6) is -2.37. The average Bonchev–Trinajstić information content (AvgIpc) is 2.34. The summed E-state index contributed by atoms with van der Waals surface area (Å²) in [6, 6.07) is 7.85. The van der Waals surface area contributed by atoms with Gasteiger partial charge in [0.25, 0.3) is 5.92 Å². The van der Waals surface area contributed by atoms with Gasteiger partial charge in [-0.2, -0.15) is 8.78 Å². The molecule has 0 bridgehead atoms. The first-order chi connectivity index (χ1) is 8.52. The molecule has 0 fully saturated rings. The first-order valence-electron chi connectivity index (χ1n) is 6.24. The number of rotatable bonds is 8. The molecule has 0 saturated carbocycles. The van der Waals surface area contributed by atoms with Crippen LogP contribution in [0.5, 0.6) is 0 Å². The highest BCUT2D eigenvalue weighted by Crippen LogP contribution is 2.26. The Hall–Kier alpha value is -1.00. The van der Waals surface area contributed by atoms with Crippen LogP contribution in [0, 0.1) is 5.92 Å². The molecule has 18 heavy (non-hydrogen) atoms. The highest BCUT2D eigenvalue weighted by Gasteiger charge is 2.30. The maximum atomic E-state index is 13.7. The molecule has 1 aromatic carbocycles. The normalized spacial score (nSPS) is 12.1. The van der Waals surface area contributed by atoms with Crippen LogP contribution in [0.2, 0.25) is 0 Å². The monoisotopic (exact) mass is 257 g/mol. The van der Waals surface area contributed by atoms with Gasteiger partial charge >= 0.3 is 0 Å². The van der Waals surface area contributed by atoms with E-state index < -0.39 is 5.92 Å². The molecule has 0 saturated heterocycles. The van der Waals surface area contributed by atoms with Gasteiger partial charge in [0.1, 0.15) is 0 Å². The first kappa shape index (κ1) is 15.1. The van der Waals surface area contributed by atoms with Gasteiger partial charge in [0.2, 0.25) is 0 Å². The molecule has 0 spiro atoms. The van der Waals surface area contributed by atoms with E-state index in [0.717, 1.165) is 0 Å². The van der Waals surface area contributed by atoms with Crippen molar-refractivity contribution in [2.45, 2.75) is 19.8 Å². The van der Waals surface area contributed by atoms with E-state index in [-0.39, 0.29) is 12.1 Å². The Balaban J connectivity index is 2.22. The van der Waals surface area contributed by atoms with Crippen LogP contribution in [-0.4, -0.2) is 26.3 Å². The molecule has 1 aromatic rings. The van der Waals surface area contributed by atoms with Crippen molar-refractivity contribution in [2.24, 2.45) is 5.92 Å². The van der Waals surface area contributed by atoms with Gasteiger partial charge in [0, 0.05) is 18.7 Å². The lowest BCUT2D eigenvalue weighted by molar-refractivity contribution is -0.00504. The third kappa shape index (κ3) is 5.56. The van der Waals surface area contributed by atoms with Gasteiger partial charge < -0.3 is 10.1 Å². The van der Waals surface area contributed by atoms with Crippen LogP contribution in [0.25, 0.3) is 0 Å². The second kappa shape index (κ2) is 7.44. The predicted molar refractivity (Wildman–Crippen MR) is 68.9 cm³/mol. The minimum Gasteiger partial charge on any atom is -0.380 e. The lowest BCUT2D eigenvalue weighted by Gasteiger charge is -2.17. The predicted octanol–water partition coefficient (Wildman–Crippen LogP) is 3.04. The summed E-state index contributed by atoms with van der Waals surface area (Å²) in [5.41, 5.74) is 0.0422. The number of benzene rings is 1. The number of halogens is 2. The van der Waals surface area contributed by atoms with E-state index in [0.29, 0.717) is 25.7 Å². The molecule has 0 heterocycles. The van der Waals surface area contributed by atoms with Crippen molar-refractivity contribution in [1.82, 2.24) is 5.32 Å². The summed E-state index contributed by atoms with van der Waals surface area (Å²) in [4.78, 5) is 0. The summed E-state index contributed by atoms with van der Waals surface area (Å²) in [5, 5.41) is 2.72. The van der Waals surface area contributed by atoms with Crippen molar-refractivity contribution in [2.75, 3.05) is 26.3 Å². The van der Waals surface area contributed by atoms with Gasteiger partial charge in [-0.25, -0.2) is 0 Å². The minimum absolute atomic E-state index is 0.0422. The van der Waals surface area contributed by atoms with Gasteiger partial charge in [0.05, 0.1) is 13.2 Å². The zero-order valence-electron chi connectivity index (χ0n) is 11.0. The Morgan fingerprint density at radius 2 is 1.89 bits per heavy atom. The van der Waals surface area contributed by atoms with E-state index in [2.05, 4.69) is 19.2 Å². The highest BCUT2D eigenvalue weighted by atomic mass is 19.3. The molecular formula is C14H21F2NO. The quantitative estimate of drug-likeness (QED) is 0.723. The lowest BCUT2D eigenvalue weighted by Crippen LogP contribution is -2.33. The Morgan fingerprint density at radius 3 is 2.50 bits per heavy atom. The van der Waals surface area contributed by atoms with Crippen LogP contribution in [0.15, 0.2) is 30.3 Å². The molecule has 0 unspecified atom stereocenters. The minimum atomic E-state index is -2.83. The molecule has 0 radical (unpaired) electrons. The van der Waals surface area contributed by atoms with Crippen LogP contribution in [-0.2, 0) is 10.7 Å². The average molecular weight is 257 g/mol. The Bertz CT molecular complexity index is 328. The van der Waals surface area contributed by atoms with Crippen molar-refractivity contribution in [3.8, 4) is 0 Å². The molecule has 0 amide bonds. The van der Waals surface area contributed by atoms with E-state index in [1.165, 1.54) is 12.1 Å². The summed E-state index contributed by atoms with van der Waals surface area (Å²) in [6.07, 6.45) is 0. The van der Waals surface area contributed by atoms with Crippen LogP contribution in [0.3, 0.4) is 0 Å². The van der Waals surface area contributed by atoms with Crippen LogP contribution in [0.1, 0.15) is 19.4 Å². The molecule has 2 nitrogen and oxygen atoms in total. The standard InChI is InChI=1S/C14H21F2NO/c1-12(2)10-18-9-8-17-11-14(15,16)13-6-4-3-5-7-13/h3-7,12,17H,8-11H2,1-2H3. The molecule has 4 heteroatoms. The van der Waals surface area contributed by atoms with Gasteiger partial charge in [0.15, 0.2) is 0 Å². The van der Waals surface area contributed by atoms with Crippen molar-refractivity contribution >= 4 is 0 Å². The van der Waals surface area contributed by atoms with Crippen molar-refractivity contribution < 1.29 is 13.5 Å². The summed E-state index contributed by atoms with van der Waals surface area (Å²) in [7, 11) is 0. The number of nitrogens with one attached hydrogen (secondary N) is 1. The fraction of sp³-hybridized carbons (Fsp3) is 0.571. The number of hydrogen-bond acceptors (Lipinski definition) is 2. The van der Waals surface area contributed by atoms with Crippen LogP contribution in [0.4, 0.5) is 8.78 Å². The van der Waals surface area contributed by atoms with Gasteiger partial charge in [-0.05, 0) is 5.92 Å². The number of hydrogen-bond donors (Lipinski definition) is 1. The maximum Gasteiger partial charge on any atom is 0.285 e. The molecule has 1 rings (SSSR count). The topological polar surface area (TPSA) is 21.3 Å². The van der Waals surface area contributed by atoms with E-state index in [1.54, 1.807) is 18.2 Å². The van der Waals surface area contributed by atoms with E-state index in [9.17, 15) is 8.78 Å². The van der Waals surface area contributed by atoms with Gasteiger partial charge in [-0.15, -0.1) is 0 Å².